The van der Waals surface area contributed by atoms with Gasteiger partial charge in [-0.15, -0.1) is 0 Å². The Morgan fingerprint density at radius 3 is 2.39 bits per heavy atom. The van der Waals surface area contributed by atoms with Crippen molar-refractivity contribution in [2.24, 2.45) is 5.73 Å². The summed E-state index contributed by atoms with van der Waals surface area (Å²) in [5, 5.41) is 0.721. The molecule has 2 nitrogen and oxygen atoms in total. The largest absolute Gasteiger partial charge is 0.497 e. The van der Waals surface area contributed by atoms with E-state index in [4.69, 9.17) is 22.1 Å². The molecule has 0 spiro atoms. The first kappa shape index (κ1) is 12.9. The topological polar surface area (TPSA) is 35.2 Å². The minimum absolute atomic E-state index is 0.0907. The number of rotatable bonds is 4. The van der Waals surface area contributed by atoms with E-state index in [0.717, 1.165) is 22.8 Å². The first-order chi connectivity index (χ1) is 8.70. The summed E-state index contributed by atoms with van der Waals surface area (Å²) in [7, 11) is 1.66. The van der Waals surface area contributed by atoms with Crippen LogP contribution in [0.3, 0.4) is 0 Å². The molecule has 0 bridgehead atoms. The van der Waals surface area contributed by atoms with Gasteiger partial charge < -0.3 is 10.5 Å². The lowest BCUT2D eigenvalue weighted by atomic mass is 10.00. The Labute approximate surface area is 112 Å². The van der Waals surface area contributed by atoms with Gasteiger partial charge in [-0.25, -0.2) is 0 Å². The number of hydrogen-bond acceptors (Lipinski definition) is 2. The predicted molar refractivity (Wildman–Crippen MR) is 75.1 cm³/mol. The van der Waals surface area contributed by atoms with Crippen molar-refractivity contribution in [2.45, 2.75) is 12.5 Å². The van der Waals surface area contributed by atoms with Crippen LogP contribution in [0.15, 0.2) is 48.5 Å². The van der Waals surface area contributed by atoms with Gasteiger partial charge in [0, 0.05) is 11.1 Å². The van der Waals surface area contributed by atoms with Crippen molar-refractivity contribution in [2.75, 3.05) is 7.11 Å². The van der Waals surface area contributed by atoms with Crippen molar-refractivity contribution >= 4 is 11.6 Å². The van der Waals surface area contributed by atoms with E-state index in [1.54, 1.807) is 7.11 Å². The molecule has 0 saturated carbocycles. The quantitative estimate of drug-likeness (QED) is 0.913. The fourth-order valence-corrected chi connectivity index (χ4v) is 2.18. The van der Waals surface area contributed by atoms with E-state index >= 15 is 0 Å². The normalized spacial score (nSPS) is 12.2. The Bertz CT molecular complexity index is 510. The molecule has 1 unspecified atom stereocenters. The summed E-state index contributed by atoms with van der Waals surface area (Å²) in [6.07, 6.45) is 0.758. The molecular weight excluding hydrogens is 246 g/mol. The molecule has 2 N–H and O–H groups in total. The van der Waals surface area contributed by atoms with E-state index in [9.17, 15) is 0 Å². The Morgan fingerprint density at radius 1 is 1.11 bits per heavy atom. The van der Waals surface area contributed by atoms with E-state index < -0.39 is 0 Å². The lowest BCUT2D eigenvalue weighted by molar-refractivity contribution is 0.414. The lowest BCUT2D eigenvalue weighted by Gasteiger charge is -2.14. The molecule has 2 aromatic rings. The number of benzene rings is 2. The molecule has 0 aliphatic rings. The molecule has 0 aliphatic heterocycles. The highest BCUT2D eigenvalue weighted by atomic mass is 35.5. The third-order valence-electron chi connectivity index (χ3n) is 2.92. The molecule has 3 heteroatoms. The van der Waals surface area contributed by atoms with Gasteiger partial charge in [0.1, 0.15) is 5.75 Å². The van der Waals surface area contributed by atoms with E-state index in [1.165, 1.54) is 5.56 Å². The zero-order chi connectivity index (χ0) is 13.0. The Hall–Kier alpha value is -1.51. The monoisotopic (exact) mass is 261 g/mol. The van der Waals surface area contributed by atoms with E-state index in [-0.39, 0.29) is 6.04 Å². The summed E-state index contributed by atoms with van der Waals surface area (Å²) < 4.78 is 5.13. The molecule has 0 radical (unpaired) electrons. The molecule has 1 atom stereocenters. The molecule has 0 saturated heterocycles. The van der Waals surface area contributed by atoms with Crippen molar-refractivity contribution in [1.29, 1.82) is 0 Å². The van der Waals surface area contributed by atoms with Gasteiger partial charge in [0.25, 0.3) is 0 Å². The first-order valence-electron chi connectivity index (χ1n) is 5.83. The van der Waals surface area contributed by atoms with Crippen LogP contribution in [0.25, 0.3) is 0 Å². The van der Waals surface area contributed by atoms with Crippen LogP contribution >= 0.6 is 11.6 Å². The van der Waals surface area contributed by atoms with Gasteiger partial charge in [-0.1, -0.05) is 41.9 Å². The van der Waals surface area contributed by atoms with Gasteiger partial charge in [-0.2, -0.15) is 0 Å². The maximum atomic E-state index is 6.18. The highest BCUT2D eigenvalue weighted by molar-refractivity contribution is 6.31. The fraction of sp³-hybridized carbons (Fsp3) is 0.200. The third-order valence-corrected chi connectivity index (χ3v) is 3.26. The first-order valence-corrected chi connectivity index (χ1v) is 6.21. The lowest BCUT2D eigenvalue weighted by Crippen LogP contribution is -2.13. The molecule has 0 amide bonds. The SMILES string of the molecule is COc1ccc(CC(N)c2ccccc2Cl)cc1. The summed E-state index contributed by atoms with van der Waals surface area (Å²) in [5.41, 5.74) is 8.33. The summed E-state index contributed by atoms with van der Waals surface area (Å²) in [4.78, 5) is 0. The number of methoxy groups -OCH3 is 1. The van der Waals surface area contributed by atoms with E-state index in [1.807, 2.05) is 48.5 Å². The van der Waals surface area contributed by atoms with Crippen LogP contribution < -0.4 is 10.5 Å². The van der Waals surface area contributed by atoms with Gasteiger partial charge >= 0.3 is 0 Å². The van der Waals surface area contributed by atoms with Crippen LogP contribution in [0.2, 0.25) is 5.02 Å². The average Bonchev–Trinajstić information content (AvgIpc) is 2.40. The number of ether oxygens (including phenoxy) is 1. The Morgan fingerprint density at radius 2 is 1.78 bits per heavy atom. The van der Waals surface area contributed by atoms with Crippen LogP contribution in [0.5, 0.6) is 5.75 Å². The van der Waals surface area contributed by atoms with Crippen LogP contribution in [-0.2, 0) is 6.42 Å². The van der Waals surface area contributed by atoms with Gasteiger partial charge in [-0.05, 0) is 35.7 Å². The fourth-order valence-electron chi connectivity index (χ4n) is 1.90. The van der Waals surface area contributed by atoms with Crippen molar-refractivity contribution in [3.8, 4) is 5.75 Å². The van der Waals surface area contributed by atoms with Crippen molar-refractivity contribution in [3.05, 3.63) is 64.7 Å². The molecule has 2 rings (SSSR count). The third kappa shape index (κ3) is 3.03. The smallest absolute Gasteiger partial charge is 0.118 e. The molecule has 2 aromatic carbocycles. The highest BCUT2D eigenvalue weighted by Gasteiger charge is 2.10. The second-order valence-corrected chi connectivity index (χ2v) is 4.59. The number of nitrogens with two attached hydrogens (primary N) is 1. The second kappa shape index (κ2) is 5.89. The van der Waals surface area contributed by atoms with Gasteiger partial charge in [0.2, 0.25) is 0 Å². The van der Waals surface area contributed by atoms with Gasteiger partial charge in [-0.3, -0.25) is 0 Å². The maximum Gasteiger partial charge on any atom is 0.118 e. The van der Waals surface area contributed by atoms with Crippen LogP contribution in [0.1, 0.15) is 17.2 Å². The molecule has 0 heterocycles. The molecular formula is C15H16ClNO. The molecule has 94 valence electrons. The van der Waals surface area contributed by atoms with Crippen LogP contribution in [0, 0.1) is 0 Å². The summed E-state index contributed by atoms with van der Waals surface area (Å²) in [6.45, 7) is 0. The summed E-state index contributed by atoms with van der Waals surface area (Å²) in [5.74, 6) is 0.852. The average molecular weight is 262 g/mol. The zero-order valence-corrected chi connectivity index (χ0v) is 11.0. The van der Waals surface area contributed by atoms with Gasteiger partial charge in [0.05, 0.1) is 7.11 Å². The standard InChI is InChI=1S/C15H16ClNO/c1-18-12-8-6-11(7-9-12)10-15(17)13-4-2-3-5-14(13)16/h2-9,15H,10,17H2,1H3. The molecule has 0 aromatic heterocycles. The molecule has 0 fully saturated rings. The van der Waals surface area contributed by atoms with E-state index in [2.05, 4.69) is 0 Å². The van der Waals surface area contributed by atoms with Crippen molar-refractivity contribution in [1.82, 2.24) is 0 Å². The van der Waals surface area contributed by atoms with E-state index in [0.29, 0.717) is 0 Å². The minimum atomic E-state index is -0.0907. The molecule has 0 aliphatic carbocycles. The maximum absolute atomic E-state index is 6.18. The highest BCUT2D eigenvalue weighted by Crippen LogP contribution is 2.24. The second-order valence-electron chi connectivity index (χ2n) is 4.18. The molecule has 18 heavy (non-hydrogen) atoms. The zero-order valence-electron chi connectivity index (χ0n) is 10.3. The minimum Gasteiger partial charge on any atom is -0.497 e. The van der Waals surface area contributed by atoms with Crippen LogP contribution in [0.4, 0.5) is 0 Å². The van der Waals surface area contributed by atoms with Gasteiger partial charge in [0.15, 0.2) is 0 Å². The van der Waals surface area contributed by atoms with Crippen molar-refractivity contribution < 1.29 is 4.74 Å². The van der Waals surface area contributed by atoms with Crippen LogP contribution in [-0.4, -0.2) is 7.11 Å². The Balaban J connectivity index is 2.11. The Kier molecular flexibility index (Phi) is 4.24. The summed E-state index contributed by atoms with van der Waals surface area (Å²) in [6, 6.07) is 15.5. The number of hydrogen-bond donors (Lipinski definition) is 1. The predicted octanol–water partition coefficient (Wildman–Crippen LogP) is 3.59. The number of halogens is 1. The van der Waals surface area contributed by atoms with Crippen molar-refractivity contribution in [3.63, 3.8) is 0 Å². The summed E-state index contributed by atoms with van der Waals surface area (Å²) >= 11 is 6.13.